The molecule has 1 heterocycles. The van der Waals surface area contributed by atoms with Crippen molar-refractivity contribution in [2.24, 2.45) is 5.92 Å². The van der Waals surface area contributed by atoms with Gasteiger partial charge in [-0.3, -0.25) is 9.59 Å². The highest BCUT2D eigenvalue weighted by atomic mass is 35.5. The number of ether oxygens (including phenoxy) is 1. The zero-order chi connectivity index (χ0) is 20.1. The first-order chi connectivity index (χ1) is 13.5. The Bertz CT molecular complexity index is 755. The number of nitrogens with zero attached hydrogens (tertiary/aromatic N) is 1. The fourth-order valence-corrected chi connectivity index (χ4v) is 5.53. The number of amides is 2. The van der Waals surface area contributed by atoms with Crippen LogP contribution in [0.4, 0.5) is 0 Å². The molecule has 28 heavy (non-hydrogen) atoms. The fraction of sp³-hybridized carbons (Fsp3) is 0.524. The van der Waals surface area contributed by atoms with E-state index in [0.717, 1.165) is 36.2 Å². The number of benzene rings is 1. The molecule has 2 amide bonds. The van der Waals surface area contributed by atoms with Gasteiger partial charge in [0.15, 0.2) is 0 Å². The number of fused-ring (bicyclic) bond motifs is 1. The molecule has 152 valence electrons. The largest absolute Gasteiger partial charge is 0.385 e. The summed E-state index contributed by atoms with van der Waals surface area (Å²) in [4.78, 5) is 27.9. The minimum Gasteiger partial charge on any atom is -0.385 e. The zero-order valence-electron chi connectivity index (χ0n) is 16.3. The second kappa shape index (κ2) is 9.81. The predicted octanol–water partition coefficient (Wildman–Crippen LogP) is 3.58. The van der Waals surface area contributed by atoms with Crippen molar-refractivity contribution >= 4 is 41.3 Å². The second-order valence-electron chi connectivity index (χ2n) is 7.35. The SMILES string of the molecule is COCCCNC(=O)C1CCC2S/C(=C\c3cccc(Cl)c3)C(=O)N(C)C2C1. The van der Waals surface area contributed by atoms with Crippen molar-refractivity contribution in [1.29, 1.82) is 0 Å². The first-order valence-electron chi connectivity index (χ1n) is 9.67. The van der Waals surface area contributed by atoms with E-state index < -0.39 is 0 Å². The number of hydrogen-bond acceptors (Lipinski definition) is 4. The van der Waals surface area contributed by atoms with Gasteiger partial charge in [-0.25, -0.2) is 0 Å². The van der Waals surface area contributed by atoms with Gasteiger partial charge in [0, 0.05) is 49.5 Å². The van der Waals surface area contributed by atoms with Crippen LogP contribution in [0.15, 0.2) is 29.2 Å². The van der Waals surface area contributed by atoms with E-state index in [4.69, 9.17) is 16.3 Å². The number of hydrogen-bond donors (Lipinski definition) is 1. The molecule has 2 fully saturated rings. The molecule has 2 aliphatic rings. The Kier molecular flexibility index (Phi) is 7.43. The molecular weight excluding hydrogens is 396 g/mol. The predicted molar refractivity (Wildman–Crippen MR) is 114 cm³/mol. The van der Waals surface area contributed by atoms with Gasteiger partial charge < -0.3 is 15.0 Å². The molecule has 1 N–H and O–H groups in total. The van der Waals surface area contributed by atoms with Crippen LogP contribution >= 0.6 is 23.4 Å². The van der Waals surface area contributed by atoms with E-state index in [0.29, 0.717) is 23.4 Å². The van der Waals surface area contributed by atoms with Crippen LogP contribution in [0.25, 0.3) is 6.08 Å². The summed E-state index contributed by atoms with van der Waals surface area (Å²) in [7, 11) is 3.51. The van der Waals surface area contributed by atoms with E-state index >= 15 is 0 Å². The van der Waals surface area contributed by atoms with Gasteiger partial charge in [-0.05, 0) is 49.5 Å². The Morgan fingerprint density at radius 1 is 1.43 bits per heavy atom. The molecule has 1 saturated carbocycles. The van der Waals surface area contributed by atoms with Gasteiger partial charge in [0.25, 0.3) is 5.91 Å². The Balaban J connectivity index is 1.63. The third-order valence-electron chi connectivity index (χ3n) is 5.40. The average Bonchev–Trinajstić information content (AvgIpc) is 2.69. The molecule has 0 bridgehead atoms. The zero-order valence-corrected chi connectivity index (χ0v) is 17.9. The summed E-state index contributed by atoms with van der Waals surface area (Å²) in [5.74, 6) is 0.0890. The third kappa shape index (κ3) is 5.10. The molecule has 1 aromatic rings. The molecule has 7 heteroatoms. The third-order valence-corrected chi connectivity index (χ3v) is 7.04. The van der Waals surface area contributed by atoms with Crippen molar-refractivity contribution in [2.45, 2.75) is 37.0 Å². The normalized spacial score (nSPS) is 26.2. The maximum atomic E-state index is 12.9. The highest BCUT2D eigenvalue weighted by Crippen LogP contribution is 2.43. The van der Waals surface area contributed by atoms with Crippen LogP contribution in [0.5, 0.6) is 0 Å². The Hall–Kier alpha value is -1.50. The smallest absolute Gasteiger partial charge is 0.260 e. The lowest BCUT2D eigenvalue weighted by molar-refractivity contribution is -0.131. The quantitative estimate of drug-likeness (QED) is 0.562. The molecule has 5 nitrogen and oxygen atoms in total. The summed E-state index contributed by atoms with van der Waals surface area (Å²) < 4.78 is 5.01. The first kappa shape index (κ1) is 21.2. The minimum absolute atomic E-state index is 0.0207. The Morgan fingerprint density at radius 2 is 2.25 bits per heavy atom. The topological polar surface area (TPSA) is 58.6 Å². The van der Waals surface area contributed by atoms with E-state index in [-0.39, 0.29) is 23.8 Å². The molecular formula is C21H27ClN2O3S. The van der Waals surface area contributed by atoms with Crippen LogP contribution in [-0.2, 0) is 14.3 Å². The maximum Gasteiger partial charge on any atom is 0.260 e. The first-order valence-corrected chi connectivity index (χ1v) is 10.9. The monoisotopic (exact) mass is 422 g/mol. The molecule has 3 unspecified atom stereocenters. The lowest BCUT2D eigenvalue weighted by Gasteiger charge is -2.44. The van der Waals surface area contributed by atoms with Gasteiger partial charge in [0.05, 0.1) is 4.91 Å². The molecule has 1 aliphatic carbocycles. The number of thioether (sulfide) groups is 1. The molecule has 3 rings (SSSR count). The average molecular weight is 423 g/mol. The number of methoxy groups -OCH3 is 1. The summed E-state index contributed by atoms with van der Waals surface area (Å²) in [6.07, 6.45) is 5.24. The molecule has 0 spiro atoms. The summed E-state index contributed by atoms with van der Waals surface area (Å²) >= 11 is 7.71. The van der Waals surface area contributed by atoms with Gasteiger partial charge in [-0.2, -0.15) is 0 Å². The van der Waals surface area contributed by atoms with Crippen molar-refractivity contribution in [3.63, 3.8) is 0 Å². The standard InChI is InChI=1S/C21H27ClN2O3S/c1-24-17-13-15(20(25)23-9-4-10-27-2)7-8-18(17)28-19(21(24)26)12-14-5-3-6-16(22)11-14/h3,5-6,11-12,15,17-18H,4,7-10,13H2,1-2H3,(H,23,25)/b19-12-. The number of rotatable bonds is 6. The molecule has 3 atom stereocenters. The van der Waals surface area contributed by atoms with Crippen LogP contribution in [0.1, 0.15) is 31.2 Å². The lowest BCUT2D eigenvalue weighted by atomic mass is 9.83. The summed E-state index contributed by atoms with van der Waals surface area (Å²) in [5.41, 5.74) is 0.930. The van der Waals surface area contributed by atoms with Crippen molar-refractivity contribution in [2.75, 3.05) is 27.3 Å². The van der Waals surface area contributed by atoms with E-state index in [2.05, 4.69) is 5.32 Å². The van der Waals surface area contributed by atoms with Crippen LogP contribution < -0.4 is 5.32 Å². The van der Waals surface area contributed by atoms with Crippen LogP contribution in [0.3, 0.4) is 0 Å². The van der Waals surface area contributed by atoms with E-state index in [9.17, 15) is 9.59 Å². The number of likely N-dealkylation sites (N-methyl/N-ethyl adjacent to an activating group) is 1. The molecule has 0 aromatic heterocycles. The Labute approximate surface area is 175 Å². The highest BCUT2D eigenvalue weighted by molar-refractivity contribution is 8.04. The van der Waals surface area contributed by atoms with Gasteiger partial charge in [-0.15, -0.1) is 11.8 Å². The lowest BCUT2D eigenvalue weighted by Crippen LogP contribution is -2.52. The second-order valence-corrected chi connectivity index (χ2v) is 9.07. The van der Waals surface area contributed by atoms with Crippen molar-refractivity contribution in [3.8, 4) is 0 Å². The van der Waals surface area contributed by atoms with Crippen LogP contribution in [0, 0.1) is 5.92 Å². The number of nitrogens with one attached hydrogen (secondary N) is 1. The summed E-state index contributed by atoms with van der Waals surface area (Å²) in [6, 6.07) is 7.61. The van der Waals surface area contributed by atoms with Gasteiger partial charge >= 0.3 is 0 Å². The van der Waals surface area contributed by atoms with Crippen LogP contribution in [-0.4, -0.2) is 55.3 Å². The highest BCUT2D eigenvalue weighted by Gasteiger charge is 2.42. The molecule has 0 radical (unpaired) electrons. The number of carbonyl (C=O) groups is 2. The number of carbonyl (C=O) groups excluding carboxylic acids is 2. The van der Waals surface area contributed by atoms with Crippen molar-refractivity contribution in [1.82, 2.24) is 10.2 Å². The van der Waals surface area contributed by atoms with Crippen LogP contribution in [0.2, 0.25) is 5.02 Å². The Morgan fingerprint density at radius 3 is 3.00 bits per heavy atom. The fourth-order valence-electron chi connectivity index (χ4n) is 3.86. The van der Waals surface area contributed by atoms with Crippen molar-refractivity contribution in [3.05, 3.63) is 39.8 Å². The van der Waals surface area contributed by atoms with Gasteiger partial charge in [-0.1, -0.05) is 23.7 Å². The van der Waals surface area contributed by atoms with Gasteiger partial charge in [0.1, 0.15) is 0 Å². The maximum absolute atomic E-state index is 12.9. The molecule has 1 aliphatic heterocycles. The van der Waals surface area contributed by atoms with E-state index in [1.807, 2.05) is 42.3 Å². The summed E-state index contributed by atoms with van der Waals surface area (Å²) in [5, 5.41) is 3.99. The number of halogens is 1. The van der Waals surface area contributed by atoms with E-state index in [1.165, 1.54) is 0 Å². The van der Waals surface area contributed by atoms with Crippen molar-refractivity contribution < 1.29 is 14.3 Å². The molecule has 1 aromatic carbocycles. The minimum atomic E-state index is -0.0295. The van der Waals surface area contributed by atoms with E-state index in [1.54, 1.807) is 18.9 Å². The molecule has 1 saturated heterocycles. The summed E-state index contributed by atoms with van der Waals surface area (Å²) in [6.45, 7) is 1.28. The van der Waals surface area contributed by atoms with Gasteiger partial charge in [0.2, 0.25) is 5.91 Å².